The van der Waals surface area contributed by atoms with Crippen molar-refractivity contribution >= 4 is 12.2 Å². The van der Waals surface area contributed by atoms with Gasteiger partial charge in [-0.1, -0.05) is 0 Å². The smallest absolute Gasteiger partial charge is 0.431 e. The van der Waals surface area contributed by atoms with E-state index < -0.39 is 29.1 Å². The van der Waals surface area contributed by atoms with E-state index in [1.807, 2.05) is 0 Å². The molecule has 0 unspecified atom stereocenters. The average Bonchev–Trinajstić information content (AvgIpc) is 2.07. The van der Waals surface area contributed by atoms with Gasteiger partial charge in [0.05, 0.1) is 0 Å². The van der Waals surface area contributed by atoms with Gasteiger partial charge < -0.3 is 9.47 Å². The normalized spacial score (nSPS) is 12.6. The minimum absolute atomic E-state index is 0.612. The molecule has 0 fully saturated rings. The van der Waals surface area contributed by atoms with E-state index in [1.54, 1.807) is 55.4 Å². The Balaban J connectivity index is 4.26. The maximum absolute atomic E-state index is 11.6. The lowest BCUT2D eigenvalue weighted by atomic mass is 10.2. The number of carbonyl (C=O) groups excluding carboxylic acids is 2. The second-order valence-corrected chi connectivity index (χ2v) is 6.84. The molecule has 0 aliphatic heterocycles. The van der Waals surface area contributed by atoms with Crippen molar-refractivity contribution in [1.29, 1.82) is 0 Å². The molecule has 2 amide bonds. The third-order valence-corrected chi connectivity index (χ3v) is 1.59. The third kappa shape index (κ3) is 10.4. The van der Waals surface area contributed by atoms with Gasteiger partial charge in [-0.25, -0.2) is 14.4 Å². The molecule has 0 aliphatic carbocycles. The number of carbonyl (C=O) groups is 2. The van der Waals surface area contributed by atoms with Crippen LogP contribution in [0.5, 0.6) is 0 Å². The third-order valence-electron chi connectivity index (χ3n) is 1.59. The van der Waals surface area contributed by atoms with Gasteiger partial charge >= 0.3 is 12.2 Å². The highest BCUT2D eigenvalue weighted by Gasteiger charge is 2.27. The Morgan fingerprint density at radius 3 is 1.55 bits per heavy atom. The highest BCUT2D eigenvalue weighted by Crippen LogP contribution is 2.10. The number of hydroxylamine groups is 1. The molecule has 0 heterocycles. The van der Waals surface area contributed by atoms with Crippen LogP contribution >= 0.6 is 0 Å². The number of hydrogen-bond acceptors (Lipinski definition) is 5. The average molecular weight is 290 g/mol. The molecule has 0 saturated heterocycles. The van der Waals surface area contributed by atoms with Crippen LogP contribution < -0.4 is 10.8 Å². The van der Waals surface area contributed by atoms with E-state index in [4.69, 9.17) is 14.3 Å². The molecule has 0 atom stereocenters. The fraction of sp³-hybridized carbons (Fsp3) is 0.846. The fourth-order valence-electron chi connectivity index (χ4n) is 1.04. The molecule has 0 saturated carbocycles. The second-order valence-electron chi connectivity index (χ2n) is 6.84. The van der Waals surface area contributed by atoms with Crippen molar-refractivity contribution < 1.29 is 23.9 Å². The molecule has 2 N–H and O–H groups in total. The zero-order valence-corrected chi connectivity index (χ0v) is 13.5. The first kappa shape index (κ1) is 18.5. The molecule has 118 valence electrons. The van der Waals surface area contributed by atoms with E-state index in [0.29, 0.717) is 0 Å². The summed E-state index contributed by atoms with van der Waals surface area (Å²) in [6.07, 6.45) is -1.38. The van der Waals surface area contributed by atoms with Crippen LogP contribution in [0.3, 0.4) is 0 Å². The van der Waals surface area contributed by atoms with E-state index in [0.717, 1.165) is 0 Å². The first-order valence-corrected chi connectivity index (χ1v) is 6.38. The maximum Gasteiger partial charge on any atom is 0.431 e. The molecular weight excluding hydrogens is 264 g/mol. The van der Waals surface area contributed by atoms with Gasteiger partial charge in [-0.3, -0.25) is 5.32 Å². The second kappa shape index (κ2) is 6.30. The van der Waals surface area contributed by atoms with E-state index >= 15 is 0 Å². The van der Waals surface area contributed by atoms with Crippen molar-refractivity contribution in [2.75, 3.05) is 0 Å². The highest BCUT2D eigenvalue weighted by molar-refractivity contribution is 5.68. The summed E-state index contributed by atoms with van der Waals surface area (Å²) in [5.74, 6) is 0. The first-order chi connectivity index (χ1) is 8.70. The summed E-state index contributed by atoms with van der Waals surface area (Å²) >= 11 is 0. The molecule has 0 aromatic rings. The van der Waals surface area contributed by atoms with Gasteiger partial charge in [-0.05, 0) is 55.4 Å². The van der Waals surface area contributed by atoms with Crippen molar-refractivity contribution in [3.8, 4) is 0 Å². The van der Waals surface area contributed by atoms with Gasteiger partial charge in [-0.2, -0.15) is 5.48 Å². The summed E-state index contributed by atoms with van der Waals surface area (Å²) in [5, 5.41) is 2.48. The Morgan fingerprint density at radius 1 is 0.750 bits per heavy atom. The lowest BCUT2D eigenvalue weighted by molar-refractivity contribution is -0.103. The Labute approximate surface area is 120 Å². The van der Waals surface area contributed by atoms with Crippen molar-refractivity contribution in [2.45, 2.75) is 72.3 Å². The van der Waals surface area contributed by atoms with Gasteiger partial charge in [0.25, 0.3) is 0 Å². The molecule has 0 spiro atoms. The predicted molar refractivity (Wildman–Crippen MR) is 73.9 cm³/mol. The van der Waals surface area contributed by atoms with Crippen molar-refractivity contribution in [3.05, 3.63) is 0 Å². The van der Waals surface area contributed by atoms with Gasteiger partial charge in [0, 0.05) is 0 Å². The number of amides is 2. The molecule has 0 aliphatic rings. The van der Waals surface area contributed by atoms with Crippen LogP contribution in [0.4, 0.5) is 9.59 Å². The zero-order chi connectivity index (χ0) is 16.2. The van der Waals surface area contributed by atoms with Gasteiger partial charge in [-0.15, -0.1) is 0 Å². The molecule has 20 heavy (non-hydrogen) atoms. The Bertz CT molecular complexity index is 353. The molecule has 0 rings (SSSR count). The largest absolute Gasteiger partial charge is 0.444 e. The van der Waals surface area contributed by atoms with E-state index in [2.05, 4.69) is 10.8 Å². The van der Waals surface area contributed by atoms with Crippen LogP contribution in [-0.4, -0.2) is 29.1 Å². The number of alkyl carbamates (subject to hydrolysis) is 1. The summed E-state index contributed by atoms with van der Waals surface area (Å²) in [6, 6.07) is 0. The maximum atomic E-state index is 11.6. The molecule has 7 nitrogen and oxygen atoms in total. The molecule has 0 aromatic carbocycles. The summed E-state index contributed by atoms with van der Waals surface area (Å²) < 4.78 is 10.1. The number of hydrogen-bond donors (Lipinski definition) is 2. The fourth-order valence-corrected chi connectivity index (χ4v) is 1.04. The van der Waals surface area contributed by atoms with Crippen LogP contribution in [0, 0.1) is 0 Å². The summed E-state index contributed by atoms with van der Waals surface area (Å²) in [7, 11) is 0. The predicted octanol–water partition coefficient (Wildman–Crippen LogP) is 2.70. The Hall–Kier alpha value is -1.50. The number of rotatable bonds is 3. The van der Waals surface area contributed by atoms with Crippen molar-refractivity contribution in [3.63, 3.8) is 0 Å². The monoisotopic (exact) mass is 290 g/mol. The summed E-state index contributed by atoms with van der Waals surface area (Å²) in [4.78, 5) is 28.1. The summed E-state index contributed by atoms with van der Waals surface area (Å²) in [5.41, 5.74) is -0.265. The van der Waals surface area contributed by atoms with Crippen LogP contribution in [-0.2, 0) is 14.3 Å². The van der Waals surface area contributed by atoms with Crippen molar-refractivity contribution in [2.24, 2.45) is 0 Å². The van der Waals surface area contributed by atoms with Crippen LogP contribution in [0.25, 0.3) is 0 Å². The van der Waals surface area contributed by atoms with Gasteiger partial charge in [0.1, 0.15) is 11.2 Å². The number of ether oxygens (including phenoxy) is 2. The van der Waals surface area contributed by atoms with Crippen LogP contribution in [0.1, 0.15) is 55.4 Å². The standard InChI is InChI=1S/C13H26N2O5/c1-11(2,3)18-9(16)14-13(7,8)20-15-10(17)19-12(4,5)6/h1-8H3,(H,14,16)(H,15,17). The quantitative estimate of drug-likeness (QED) is 0.616. The topological polar surface area (TPSA) is 85.9 Å². The summed E-state index contributed by atoms with van der Waals surface area (Å²) in [6.45, 7) is 13.6. The van der Waals surface area contributed by atoms with Gasteiger partial charge in [0.2, 0.25) is 0 Å². The van der Waals surface area contributed by atoms with E-state index in [1.165, 1.54) is 0 Å². The van der Waals surface area contributed by atoms with E-state index in [-0.39, 0.29) is 0 Å². The zero-order valence-electron chi connectivity index (χ0n) is 13.5. The lowest BCUT2D eigenvalue weighted by Gasteiger charge is -2.28. The molecule has 0 bridgehead atoms. The van der Waals surface area contributed by atoms with Crippen LogP contribution in [0.2, 0.25) is 0 Å². The Morgan fingerprint density at radius 2 is 1.15 bits per heavy atom. The van der Waals surface area contributed by atoms with Crippen LogP contribution in [0.15, 0.2) is 0 Å². The number of nitrogens with one attached hydrogen (secondary N) is 2. The minimum atomic E-state index is -1.14. The molecule has 0 radical (unpaired) electrons. The van der Waals surface area contributed by atoms with E-state index in [9.17, 15) is 9.59 Å². The van der Waals surface area contributed by atoms with Gasteiger partial charge in [0.15, 0.2) is 5.72 Å². The molecule has 0 aromatic heterocycles. The molecule has 7 heteroatoms. The first-order valence-electron chi connectivity index (χ1n) is 6.38. The lowest BCUT2D eigenvalue weighted by Crippen LogP contribution is -2.51. The Kier molecular flexibility index (Phi) is 5.83. The minimum Gasteiger partial charge on any atom is -0.444 e. The van der Waals surface area contributed by atoms with Crippen molar-refractivity contribution in [1.82, 2.24) is 10.8 Å². The SMILES string of the molecule is CC(C)(C)OC(=O)NOC(C)(C)NC(=O)OC(C)(C)C. The molecular formula is C13H26N2O5. The highest BCUT2D eigenvalue weighted by atomic mass is 16.7.